The minimum Gasteiger partial charge on any atom is -0.346 e. The quantitative estimate of drug-likeness (QED) is 0.582. The summed E-state index contributed by atoms with van der Waals surface area (Å²) >= 11 is 12.2. The lowest BCUT2D eigenvalue weighted by atomic mass is 10.2. The van der Waals surface area contributed by atoms with Gasteiger partial charge in [0.25, 0.3) is 15.9 Å². The Labute approximate surface area is 178 Å². The van der Waals surface area contributed by atoms with Crippen molar-refractivity contribution < 1.29 is 13.2 Å². The van der Waals surface area contributed by atoms with Crippen LogP contribution in [0.5, 0.6) is 0 Å². The van der Waals surface area contributed by atoms with Gasteiger partial charge in [-0.2, -0.15) is 0 Å². The molecule has 6 nitrogen and oxygen atoms in total. The molecule has 1 aromatic heterocycles. The number of aryl methyl sites for hydroxylation is 1. The van der Waals surface area contributed by atoms with Gasteiger partial charge in [0.2, 0.25) is 0 Å². The number of hydrogen-bond acceptors (Lipinski definition) is 4. The van der Waals surface area contributed by atoms with Gasteiger partial charge in [-0.25, -0.2) is 8.42 Å². The van der Waals surface area contributed by atoms with E-state index in [2.05, 4.69) is 15.0 Å². The van der Waals surface area contributed by atoms with Crippen molar-refractivity contribution in [2.45, 2.75) is 18.4 Å². The molecule has 0 spiro atoms. The Hall–Kier alpha value is -2.61. The van der Waals surface area contributed by atoms with Crippen molar-refractivity contribution in [2.24, 2.45) is 0 Å². The van der Waals surface area contributed by atoms with Gasteiger partial charge in [0.1, 0.15) is 4.90 Å². The minimum absolute atomic E-state index is 0.00313. The van der Waals surface area contributed by atoms with Crippen LogP contribution in [0.1, 0.15) is 21.6 Å². The van der Waals surface area contributed by atoms with Crippen molar-refractivity contribution in [3.05, 3.63) is 87.7 Å². The SMILES string of the molecule is Cc1cccc(NS(=O)(=O)c2cc(C(=O)NCc3ccccn3)c(Cl)cc2Cl)c1. The second-order valence-corrected chi connectivity index (χ2v) is 8.71. The number of rotatable bonds is 6. The van der Waals surface area contributed by atoms with E-state index in [1.807, 2.05) is 13.0 Å². The third kappa shape index (κ3) is 5.26. The van der Waals surface area contributed by atoms with Crippen molar-refractivity contribution in [1.29, 1.82) is 0 Å². The van der Waals surface area contributed by atoms with Crippen molar-refractivity contribution in [1.82, 2.24) is 10.3 Å². The number of benzene rings is 2. The van der Waals surface area contributed by atoms with E-state index in [1.165, 1.54) is 6.07 Å². The fourth-order valence-electron chi connectivity index (χ4n) is 2.60. The van der Waals surface area contributed by atoms with E-state index >= 15 is 0 Å². The van der Waals surface area contributed by atoms with Crippen molar-refractivity contribution in [3.63, 3.8) is 0 Å². The number of aromatic nitrogens is 1. The molecule has 0 aliphatic carbocycles. The van der Waals surface area contributed by atoms with E-state index in [9.17, 15) is 13.2 Å². The molecule has 1 heterocycles. The fraction of sp³-hybridized carbons (Fsp3) is 0.100. The van der Waals surface area contributed by atoms with Gasteiger partial charge < -0.3 is 5.32 Å². The zero-order valence-electron chi connectivity index (χ0n) is 15.3. The molecule has 2 aromatic carbocycles. The van der Waals surface area contributed by atoms with Crippen molar-refractivity contribution in [3.8, 4) is 0 Å². The molecule has 0 saturated carbocycles. The van der Waals surface area contributed by atoms with Crippen LogP contribution in [0, 0.1) is 6.92 Å². The zero-order chi connectivity index (χ0) is 21.0. The molecular weight excluding hydrogens is 433 g/mol. The van der Waals surface area contributed by atoms with Gasteiger partial charge >= 0.3 is 0 Å². The molecule has 0 saturated heterocycles. The predicted molar refractivity (Wildman–Crippen MR) is 114 cm³/mol. The Bertz CT molecular complexity index is 1150. The molecular formula is C20H17Cl2N3O3S. The first kappa shape index (κ1) is 21.1. The summed E-state index contributed by atoms with van der Waals surface area (Å²) in [6.45, 7) is 2.01. The van der Waals surface area contributed by atoms with Crippen LogP contribution in [0.3, 0.4) is 0 Å². The van der Waals surface area contributed by atoms with Crippen LogP contribution < -0.4 is 10.0 Å². The summed E-state index contributed by atoms with van der Waals surface area (Å²) < 4.78 is 28.1. The Morgan fingerprint density at radius 2 is 1.83 bits per heavy atom. The summed E-state index contributed by atoms with van der Waals surface area (Å²) in [6.07, 6.45) is 1.61. The Kier molecular flexibility index (Phi) is 6.42. The third-order valence-corrected chi connectivity index (χ3v) is 6.14. The summed E-state index contributed by atoms with van der Waals surface area (Å²) in [5, 5.41) is 2.62. The third-order valence-electron chi connectivity index (χ3n) is 3.98. The highest BCUT2D eigenvalue weighted by atomic mass is 35.5. The zero-order valence-corrected chi connectivity index (χ0v) is 17.6. The van der Waals surface area contributed by atoms with Gasteiger partial charge in [0, 0.05) is 11.9 Å². The van der Waals surface area contributed by atoms with Crippen LogP contribution in [0.4, 0.5) is 5.69 Å². The number of sulfonamides is 1. The molecule has 0 aliphatic rings. The van der Waals surface area contributed by atoms with Gasteiger partial charge in [-0.1, -0.05) is 41.4 Å². The first-order valence-corrected chi connectivity index (χ1v) is 10.8. The average molecular weight is 450 g/mol. The van der Waals surface area contributed by atoms with E-state index in [0.717, 1.165) is 11.6 Å². The van der Waals surface area contributed by atoms with Crippen LogP contribution >= 0.6 is 23.2 Å². The molecule has 150 valence electrons. The summed E-state index contributed by atoms with van der Waals surface area (Å²) in [7, 11) is -4.03. The molecule has 0 aliphatic heterocycles. The fourth-order valence-corrected chi connectivity index (χ4v) is 4.51. The van der Waals surface area contributed by atoms with Gasteiger partial charge in [0.05, 0.1) is 27.8 Å². The van der Waals surface area contributed by atoms with Crippen LogP contribution in [0.2, 0.25) is 10.0 Å². The predicted octanol–water partition coefficient (Wildman–Crippen LogP) is 4.43. The number of carbonyl (C=O) groups excluding carboxylic acids is 1. The average Bonchev–Trinajstić information content (AvgIpc) is 2.66. The summed E-state index contributed by atoms with van der Waals surface area (Å²) in [5.41, 5.74) is 1.93. The largest absolute Gasteiger partial charge is 0.346 e. The molecule has 3 aromatic rings. The lowest BCUT2D eigenvalue weighted by Gasteiger charge is -2.13. The van der Waals surface area contributed by atoms with Crippen LogP contribution in [0.25, 0.3) is 0 Å². The maximum absolute atomic E-state index is 12.8. The Morgan fingerprint density at radius 1 is 1.03 bits per heavy atom. The maximum Gasteiger partial charge on any atom is 0.263 e. The molecule has 29 heavy (non-hydrogen) atoms. The highest BCUT2D eigenvalue weighted by molar-refractivity contribution is 7.92. The topological polar surface area (TPSA) is 88.2 Å². The first-order chi connectivity index (χ1) is 13.8. The van der Waals surface area contributed by atoms with E-state index in [0.29, 0.717) is 11.4 Å². The Balaban J connectivity index is 1.87. The second kappa shape index (κ2) is 8.82. The van der Waals surface area contributed by atoms with Crippen molar-refractivity contribution in [2.75, 3.05) is 4.72 Å². The Morgan fingerprint density at radius 3 is 2.52 bits per heavy atom. The van der Waals surface area contributed by atoms with E-state index in [-0.39, 0.29) is 27.0 Å². The number of anilines is 1. The molecule has 0 atom stereocenters. The van der Waals surface area contributed by atoms with Gasteiger partial charge in [-0.05, 0) is 48.9 Å². The number of pyridine rings is 1. The summed E-state index contributed by atoms with van der Waals surface area (Å²) in [4.78, 5) is 16.4. The van der Waals surface area contributed by atoms with Crippen LogP contribution in [-0.2, 0) is 16.6 Å². The molecule has 2 N–H and O–H groups in total. The number of nitrogens with zero attached hydrogens (tertiary/aromatic N) is 1. The first-order valence-electron chi connectivity index (χ1n) is 8.53. The number of nitrogens with one attached hydrogen (secondary N) is 2. The van der Waals surface area contributed by atoms with Crippen LogP contribution in [-0.4, -0.2) is 19.3 Å². The molecule has 9 heteroatoms. The smallest absolute Gasteiger partial charge is 0.263 e. The number of halogens is 2. The molecule has 0 fully saturated rings. The van der Waals surface area contributed by atoms with E-state index in [4.69, 9.17) is 23.2 Å². The van der Waals surface area contributed by atoms with E-state index in [1.54, 1.807) is 42.6 Å². The maximum atomic E-state index is 12.8. The van der Waals surface area contributed by atoms with Gasteiger partial charge in [0.15, 0.2) is 0 Å². The second-order valence-electron chi connectivity index (χ2n) is 6.24. The number of carbonyl (C=O) groups is 1. The van der Waals surface area contributed by atoms with E-state index < -0.39 is 15.9 Å². The molecule has 1 amide bonds. The number of hydrogen-bond donors (Lipinski definition) is 2. The highest BCUT2D eigenvalue weighted by Gasteiger charge is 2.23. The summed E-state index contributed by atoms with van der Waals surface area (Å²) in [6, 6.07) is 14.6. The lowest BCUT2D eigenvalue weighted by molar-refractivity contribution is 0.0950. The van der Waals surface area contributed by atoms with Gasteiger partial charge in [-0.15, -0.1) is 0 Å². The van der Waals surface area contributed by atoms with Crippen LogP contribution in [0.15, 0.2) is 65.7 Å². The monoisotopic (exact) mass is 449 g/mol. The normalized spacial score (nSPS) is 11.1. The van der Waals surface area contributed by atoms with Gasteiger partial charge in [-0.3, -0.25) is 14.5 Å². The molecule has 0 bridgehead atoms. The number of amides is 1. The highest BCUT2D eigenvalue weighted by Crippen LogP contribution is 2.30. The molecule has 0 unspecified atom stereocenters. The standard InChI is InChI=1S/C20H17Cl2N3O3S/c1-13-5-4-7-14(9-13)25-29(27,28)19-10-16(17(21)11-18(19)22)20(26)24-12-15-6-2-3-8-23-15/h2-11,25H,12H2,1H3,(H,24,26). The summed E-state index contributed by atoms with van der Waals surface area (Å²) in [5.74, 6) is -0.538. The lowest BCUT2D eigenvalue weighted by Crippen LogP contribution is -2.24. The minimum atomic E-state index is -4.03. The molecule has 0 radical (unpaired) electrons. The molecule has 3 rings (SSSR count). The van der Waals surface area contributed by atoms with Crippen molar-refractivity contribution >= 4 is 44.8 Å².